The molecule has 0 fully saturated rings. The van der Waals surface area contributed by atoms with E-state index in [0.29, 0.717) is 5.92 Å². The zero-order chi connectivity index (χ0) is 5.28. The molecule has 0 saturated heterocycles. The van der Waals surface area contributed by atoms with Gasteiger partial charge in [0.2, 0.25) is 0 Å². The molecule has 1 N–H and O–H groups in total. The van der Waals surface area contributed by atoms with Gasteiger partial charge in [-0.3, -0.25) is 0 Å². The quantitative estimate of drug-likeness (QED) is 0.449. The van der Waals surface area contributed by atoms with Crippen molar-refractivity contribution in [3.63, 3.8) is 0 Å². The summed E-state index contributed by atoms with van der Waals surface area (Å²) >= 11 is 0. The van der Waals surface area contributed by atoms with Gasteiger partial charge < -0.3 is 5.32 Å². The van der Waals surface area contributed by atoms with Crippen LogP contribution in [-0.4, -0.2) is 6.54 Å². The van der Waals surface area contributed by atoms with Crippen LogP contribution in [0.25, 0.3) is 0 Å². The minimum atomic E-state index is -0.174. The predicted octanol–water partition coefficient (Wildman–Crippen LogP) is 1.04. The predicted molar refractivity (Wildman–Crippen MR) is 26.4 cm³/mol. The minimum absolute atomic E-state index is 0.174. The highest BCUT2D eigenvalue weighted by atomic mass is 19.1. The van der Waals surface area contributed by atoms with Crippen LogP contribution in [0.4, 0.5) is 4.39 Å². The average Bonchev–Trinajstić information content (AvgIpc) is 1.87. The molecule has 0 bridgehead atoms. The van der Waals surface area contributed by atoms with Gasteiger partial charge in [-0.25, -0.2) is 0 Å². The van der Waals surface area contributed by atoms with Crippen molar-refractivity contribution >= 4 is 0 Å². The van der Waals surface area contributed by atoms with Crippen molar-refractivity contribution in [2.45, 2.75) is 6.92 Å². The van der Waals surface area contributed by atoms with Crippen LogP contribution < -0.4 is 5.32 Å². The van der Waals surface area contributed by atoms with E-state index in [1.807, 2.05) is 6.92 Å². The highest BCUT2D eigenvalue weighted by Gasteiger charge is 2.07. The first-order chi connectivity index (χ1) is 3.29. The Labute approximate surface area is 42.2 Å². The Kier molecular flexibility index (Phi) is 1.01. The summed E-state index contributed by atoms with van der Waals surface area (Å²) in [5.74, 6) is 0.201. The molecule has 0 radical (unpaired) electrons. The van der Waals surface area contributed by atoms with Gasteiger partial charge in [-0.2, -0.15) is 4.39 Å². The van der Waals surface area contributed by atoms with Crippen LogP contribution in [-0.2, 0) is 0 Å². The molecule has 0 spiro atoms. The van der Waals surface area contributed by atoms with Crippen molar-refractivity contribution in [2.24, 2.45) is 5.92 Å². The molecule has 1 aliphatic rings. The van der Waals surface area contributed by atoms with E-state index in [1.54, 1.807) is 6.08 Å². The fourth-order valence-corrected chi connectivity index (χ4v) is 0.626. The molecule has 40 valence electrons. The summed E-state index contributed by atoms with van der Waals surface area (Å²) in [4.78, 5) is 0. The monoisotopic (exact) mass is 101 g/mol. The molecular weight excluding hydrogens is 93.1 g/mol. The maximum atomic E-state index is 11.9. The number of hydrogen-bond donors (Lipinski definition) is 1. The van der Waals surface area contributed by atoms with Crippen molar-refractivity contribution in [1.82, 2.24) is 5.32 Å². The molecule has 0 aromatic rings. The zero-order valence-electron chi connectivity index (χ0n) is 4.24. The Bertz CT molecular complexity index is 98.3. The summed E-state index contributed by atoms with van der Waals surface area (Å²) in [6.07, 6.45) is 1.58. The van der Waals surface area contributed by atoms with E-state index in [4.69, 9.17) is 0 Å². The molecule has 0 saturated carbocycles. The van der Waals surface area contributed by atoms with Crippen LogP contribution in [0.2, 0.25) is 0 Å². The molecule has 0 aromatic heterocycles. The lowest BCUT2D eigenvalue weighted by Gasteiger charge is -1.91. The molecule has 1 nitrogen and oxygen atoms in total. The molecule has 0 aromatic carbocycles. The Balaban J connectivity index is 2.50. The molecule has 1 heterocycles. The van der Waals surface area contributed by atoms with Crippen LogP contribution in [0.5, 0.6) is 0 Å². The molecule has 1 atom stereocenters. The van der Waals surface area contributed by atoms with Crippen LogP contribution in [0.1, 0.15) is 6.92 Å². The van der Waals surface area contributed by atoms with Gasteiger partial charge in [0.25, 0.3) is 0 Å². The number of rotatable bonds is 0. The lowest BCUT2D eigenvalue weighted by atomic mass is 10.2. The first-order valence-corrected chi connectivity index (χ1v) is 2.40. The third kappa shape index (κ3) is 0.918. The van der Waals surface area contributed by atoms with E-state index in [9.17, 15) is 4.39 Å². The van der Waals surface area contributed by atoms with E-state index in [2.05, 4.69) is 5.32 Å². The number of halogens is 1. The van der Waals surface area contributed by atoms with E-state index in [1.165, 1.54) is 0 Å². The maximum absolute atomic E-state index is 11.9. The first-order valence-electron chi connectivity index (χ1n) is 2.40. The van der Waals surface area contributed by atoms with Crippen LogP contribution in [0, 0.1) is 5.92 Å². The van der Waals surface area contributed by atoms with E-state index in [-0.39, 0.29) is 5.95 Å². The first kappa shape index (κ1) is 4.62. The third-order valence-electron chi connectivity index (χ3n) is 1.02. The summed E-state index contributed by atoms with van der Waals surface area (Å²) in [6, 6.07) is 0. The van der Waals surface area contributed by atoms with Gasteiger partial charge in [-0.15, -0.1) is 0 Å². The molecule has 0 amide bonds. The maximum Gasteiger partial charge on any atom is 0.183 e. The summed E-state index contributed by atoms with van der Waals surface area (Å²) < 4.78 is 11.9. The average molecular weight is 101 g/mol. The molecular formula is C5H8FN. The van der Waals surface area contributed by atoms with Gasteiger partial charge in [0, 0.05) is 6.54 Å². The Morgan fingerprint density at radius 3 is 2.86 bits per heavy atom. The minimum Gasteiger partial charge on any atom is -0.362 e. The number of nitrogens with one attached hydrogen (secondary N) is 1. The second-order valence-corrected chi connectivity index (χ2v) is 1.87. The summed E-state index contributed by atoms with van der Waals surface area (Å²) in [5, 5.41) is 2.56. The Morgan fingerprint density at radius 1 is 2.00 bits per heavy atom. The molecule has 1 aliphatic heterocycles. The number of hydrogen-bond acceptors (Lipinski definition) is 1. The largest absolute Gasteiger partial charge is 0.362 e. The van der Waals surface area contributed by atoms with Gasteiger partial charge in [0.1, 0.15) is 0 Å². The highest BCUT2D eigenvalue weighted by Crippen LogP contribution is 2.07. The van der Waals surface area contributed by atoms with Crippen molar-refractivity contribution in [2.75, 3.05) is 6.54 Å². The van der Waals surface area contributed by atoms with Gasteiger partial charge in [-0.1, -0.05) is 6.92 Å². The summed E-state index contributed by atoms with van der Waals surface area (Å²) in [7, 11) is 0. The van der Waals surface area contributed by atoms with Crippen molar-refractivity contribution in [3.8, 4) is 0 Å². The summed E-state index contributed by atoms with van der Waals surface area (Å²) in [6.45, 7) is 2.73. The fraction of sp³-hybridized carbons (Fsp3) is 0.600. The topological polar surface area (TPSA) is 12.0 Å². The van der Waals surface area contributed by atoms with Crippen LogP contribution >= 0.6 is 0 Å². The molecule has 1 rings (SSSR count). The van der Waals surface area contributed by atoms with E-state index in [0.717, 1.165) is 6.54 Å². The van der Waals surface area contributed by atoms with Gasteiger partial charge >= 0.3 is 0 Å². The SMILES string of the molecule is CC1C=C(F)NC1. The lowest BCUT2D eigenvalue weighted by Crippen LogP contribution is -2.07. The van der Waals surface area contributed by atoms with Gasteiger partial charge in [-0.05, 0) is 12.0 Å². The van der Waals surface area contributed by atoms with Crippen molar-refractivity contribution in [1.29, 1.82) is 0 Å². The van der Waals surface area contributed by atoms with E-state index < -0.39 is 0 Å². The van der Waals surface area contributed by atoms with Gasteiger partial charge in [0.15, 0.2) is 5.95 Å². The van der Waals surface area contributed by atoms with E-state index >= 15 is 0 Å². The molecule has 0 aliphatic carbocycles. The zero-order valence-corrected chi connectivity index (χ0v) is 4.24. The lowest BCUT2D eigenvalue weighted by molar-refractivity contribution is 0.566. The second kappa shape index (κ2) is 1.52. The molecule has 2 heteroatoms. The van der Waals surface area contributed by atoms with Crippen LogP contribution in [0.15, 0.2) is 12.0 Å². The smallest absolute Gasteiger partial charge is 0.183 e. The molecule has 1 unspecified atom stereocenters. The fourth-order valence-electron chi connectivity index (χ4n) is 0.626. The second-order valence-electron chi connectivity index (χ2n) is 1.87. The highest BCUT2D eigenvalue weighted by molar-refractivity contribution is 5.00. The Hall–Kier alpha value is -0.530. The van der Waals surface area contributed by atoms with Crippen molar-refractivity contribution in [3.05, 3.63) is 12.0 Å². The standard InChI is InChI=1S/C5H8FN/c1-4-2-5(6)7-3-4/h2,4,7H,3H2,1H3. The van der Waals surface area contributed by atoms with Crippen molar-refractivity contribution < 1.29 is 4.39 Å². The van der Waals surface area contributed by atoms with Crippen LogP contribution in [0.3, 0.4) is 0 Å². The summed E-state index contributed by atoms with van der Waals surface area (Å²) in [5.41, 5.74) is 0. The van der Waals surface area contributed by atoms with Gasteiger partial charge in [0.05, 0.1) is 0 Å². The third-order valence-corrected chi connectivity index (χ3v) is 1.02. The Morgan fingerprint density at radius 2 is 2.71 bits per heavy atom. The normalized spacial score (nSPS) is 29.4. The molecule has 7 heavy (non-hydrogen) atoms.